The van der Waals surface area contributed by atoms with Gasteiger partial charge < -0.3 is 5.32 Å². The molecular weight excluding hydrogens is 416 g/mol. The van der Waals surface area contributed by atoms with Crippen molar-refractivity contribution in [3.63, 3.8) is 0 Å². The summed E-state index contributed by atoms with van der Waals surface area (Å²) in [7, 11) is 0. The van der Waals surface area contributed by atoms with Crippen LogP contribution in [0.3, 0.4) is 0 Å². The smallest absolute Gasteiger partial charge is 0.251 e. The average Bonchev–Trinajstić information content (AvgIpc) is 2.88. The molecule has 3 nitrogen and oxygen atoms in total. The lowest BCUT2D eigenvalue weighted by Crippen LogP contribution is -2.29. The summed E-state index contributed by atoms with van der Waals surface area (Å²) in [5, 5.41) is 5.56. The van der Waals surface area contributed by atoms with Crippen molar-refractivity contribution in [2.24, 2.45) is 0 Å². The fraction of sp³-hybridized carbons (Fsp3) is 0.258. The molecule has 1 N–H and O–H groups in total. The summed E-state index contributed by atoms with van der Waals surface area (Å²) >= 11 is 0. The summed E-state index contributed by atoms with van der Waals surface area (Å²) in [6.07, 6.45) is 3.98. The molecule has 4 aromatic rings. The van der Waals surface area contributed by atoms with E-state index in [1.807, 2.05) is 24.3 Å². The molecule has 0 saturated carbocycles. The van der Waals surface area contributed by atoms with E-state index in [-0.39, 0.29) is 5.91 Å². The second-order valence-electron chi connectivity index (χ2n) is 9.44. The van der Waals surface area contributed by atoms with Crippen LogP contribution in [-0.4, -0.2) is 23.9 Å². The number of rotatable bonds is 6. The third-order valence-electron chi connectivity index (χ3n) is 6.86. The Bertz CT molecular complexity index is 1270. The molecule has 1 saturated heterocycles. The zero-order valence-corrected chi connectivity index (χ0v) is 19.9. The van der Waals surface area contributed by atoms with E-state index in [4.69, 9.17) is 0 Å². The average molecular weight is 449 g/mol. The number of amides is 1. The number of benzene rings is 4. The lowest BCUT2D eigenvalue weighted by atomic mass is 10.0. The minimum Gasteiger partial charge on any atom is -0.348 e. The first-order valence-corrected chi connectivity index (χ1v) is 12.3. The number of carbonyl (C=O) groups excluding carboxylic acids is 1. The van der Waals surface area contributed by atoms with Gasteiger partial charge in [-0.25, -0.2) is 0 Å². The Balaban J connectivity index is 1.25. The highest BCUT2D eigenvalue weighted by Crippen LogP contribution is 2.23. The van der Waals surface area contributed by atoms with E-state index in [1.165, 1.54) is 54.3 Å². The Morgan fingerprint density at radius 1 is 0.824 bits per heavy atom. The lowest BCUT2D eigenvalue weighted by molar-refractivity contribution is 0.0951. The van der Waals surface area contributed by atoms with Crippen LogP contribution in [-0.2, 0) is 13.1 Å². The highest BCUT2D eigenvalue weighted by atomic mass is 16.1. The summed E-state index contributed by atoms with van der Waals surface area (Å²) in [4.78, 5) is 15.4. The number of likely N-dealkylation sites (tertiary alicyclic amines) is 1. The molecule has 1 aliphatic rings. The van der Waals surface area contributed by atoms with Gasteiger partial charge in [0.05, 0.1) is 0 Å². The van der Waals surface area contributed by atoms with Gasteiger partial charge in [-0.05, 0) is 84.1 Å². The van der Waals surface area contributed by atoms with Gasteiger partial charge in [-0.2, -0.15) is 0 Å². The van der Waals surface area contributed by atoms with Crippen molar-refractivity contribution in [1.82, 2.24) is 10.2 Å². The zero-order valence-electron chi connectivity index (χ0n) is 19.9. The maximum atomic E-state index is 12.8. The first-order chi connectivity index (χ1) is 16.7. The van der Waals surface area contributed by atoms with Crippen molar-refractivity contribution >= 4 is 16.7 Å². The molecule has 3 heteroatoms. The quantitative estimate of drug-likeness (QED) is 0.355. The summed E-state index contributed by atoms with van der Waals surface area (Å²) in [5.41, 5.74) is 6.71. The van der Waals surface area contributed by atoms with Crippen LogP contribution in [0.5, 0.6) is 0 Å². The van der Waals surface area contributed by atoms with Gasteiger partial charge in [0.25, 0.3) is 5.91 Å². The molecule has 0 aliphatic carbocycles. The van der Waals surface area contributed by atoms with Crippen LogP contribution in [0.25, 0.3) is 21.9 Å². The van der Waals surface area contributed by atoms with Crippen molar-refractivity contribution in [3.05, 3.63) is 107 Å². The highest BCUT2D eigenvalue weighted by Gasteiger charge is 2.12. The van der Waals surface area contributed by atoms with Crippen LogP contribution < -0.4 is 5.32 Å². The van der Waals surface area contributed by atoms with Gasteiger partial charge in [0.15, 0.2) is 0 Å². The van der Waals surface area contributed by atoms with Crippen molar-refractivity contribution in [3.8, 4) is 11.1 Å². The second-order valence-corrected chi connectivity index (χ2v) is 9.44. The molecule has 34 heavy (non-hydrogen) atoms. The van der Waals surface area contributed by atoms with Crippen molar-refractivity contribution in [2.75, 3.05) is 13.1 Å². The van der Waals surface area contributed by atoms with E-state index in [0.717, 1.165) is 23.2 Å². The molecule has 172 valence electrons. The molecule has 4 aromatic carbocycles. The summed E-state index contributed by atoms with van der Waals surface area (Å²) in [5.74, 6) is -0.0471. The Morgan fingerprint density at radius 2 is 1.53 bits per heavy atom. The predicted octanol–water partition coefficient (Wildman–Crippen LogP) is 6.73. The van der Waals surface area contributed by atoms with Gasteiger partial charge in [0, 0.05) is 18.7 Å². The minimum atomic E-state index is -0.0471. The SMILES string of the molecule is Cc1ccc(-c2ccc(C(=O)NCc3cccc4cc(CN5CCCCC5)ccc34)cc2)cc1. The van der Waals surface area contributed by atoms with E-state index in [2.05, 4.69) is 77.8 Å². The third kappa shape index (κ3) is 5.21. The van der Waals surface area contributed by atoms with Gasteiger partial charge in [0.1, 0.15) is 0 Å². The molecule has 0 unspecified atom stereocenters. The summed E-state index contributed by atoms with van der Waals surface area (Å²) < 4.78 is 0. The van der Waals surface area contributed by atoms with E-state index in [0.29, 0.717) is 12.1 Å². The number of nitrogens with one attached hydrogen (secondary N) is 1. The Labute approximate surface area is 202 Å². The molecular formula is C31H32N2O. The predicted molar refractivity (Wildman–Crippen MR) is 141 cm³/mol. The first kappa shape index (κ1) is 22.4. The van der Waals surface area contributed by atoms with Crippen LogP contribution in [0.1, 0.15) is 46.3 Å². The zero-order chi connectivity index (χ0) is 23.3. The number of piperidine rings is 1. The van der Waals surface area contributed by atoms with Crippen LogP contribution in [0.4, 0.5) is 0 Å². The summed E-state index contributed by atoms with van der Waals surface area (Å²) in [6.45, 7) is 6.03. The molecule has 0 atom stereocenters. The molecule has 0 bridgehead atoms. The fourth-order valence-corrected chi connectivity index (χ4v) is 4.87. The number of hydrogen-bond acceptors (Lipinski definition) is 2. The molecule has 1 amide bonds. The largest absolute Gasteiger partial charge is 0.348 e. The fourth-order valence-electron chi connectivity index (χ4n) is 4.87. The lowest BCUT2D eigenvalue weighted by Gasteiger charge is -2.26. The number of aryl methyl sites for hydroxylation is 1. The van der Waals surface area contributed by atoms with Crippen LogP contribution >= 0.6 is 0 Å². The monoisotopic (exact) mass is 448 g/mol. The molecule has 1 fully saturated rings. The van der Waals surface area contributed by atoms with Crippen LogP contribution in [0, 0.1) is 6.92 Å². The molecule has 0 radical (unpaired) electrons. The maximum Gasteiger partial charge on any atom is 0.251 e. The van der Waals surface area contributed by atoms with Gasteiger partial charge in [0.2, 0.25) is 0 Å². The normalized spacial score (nSPS) is 14.3. The van der Waals surface area contributed by atoms with E-state index < -0.39 is 0 Å². The first-order valence-electron chi connectivity index (χ1n) is 12.3. The second kappa shape index (κ2) is 10.2. The van der Waals surface area contributed by atoms with Crippen LogP contribution in [0.15, 0.2) is 84.9 Å². The summed E-state index contributed by atoms with van der Waals surface area (Å²) in [6, 6.07) is 29.4. The highest BCUT2D eigenvalue weighted by molar-refractivity contribution is 5.95. The Kier molecular flexibility index (Phi) is 6.73. The molecule has 1 aliphatic heterocycles. The third-order valence-corrected chi connectivity index (χ3v) is 6.86. The minimum absolute atomic E-state index is 0.0471. The topological polar surface area (TPSA) is 32.3 Å². The molecule has 0 spiro atoms. The standard InChI is InChI=1S/C31H32N2O/c1-23-8-11-25(12-9-23)26-13-15-27(16-14-26)31(34)32-21-29-7-5-6-28-20-24(10-17-30(28)29)22-33-18-3-2-4-19-33/h5-17,20H,2-4,18-19,21-22H2,1H3,(H,32,34). The molecule has 1 heterocycles. The number of nitrogens with zero attached hydrogens (tertiary/aromatic N) is 1. The van der Waals surface area contributed by atoms with Crippen molar-refractivity contribution < 1.29 is 4.79 Å². The van der Waals surface area contributed by atoms with E-state index in [1.54, 1.807) is 0 Å². The van der Waals surface area contributed by atoms with Crippen LogP contribution in [0.2, 0.25) is 0 Å². The van der Waals surface area contributed by atoms with E-state index in [9.17, 15) is 4.79 Å². The van der Waals surface area contributed by atoms with Crippen molar-refractivity contribution in [2.45, 2.75) is 39.3 Å². The maximum absolute atomic E-state index is 12.8. The van der Waals surface area contributed by atoms with Gasteiger partial charge >= 0.3 is 0 Å². The van der Waals surface area contributed by atoms with E-state index >= 15 is 0 Å². The Morgan fingerprint density at radius 3 is 2.26 bits per heavy atom. The number of carbonyl (C=O) groups is 1. The van der Waals surface area contributed by atoms with Crippen molar-refractivity contribution in [1.29, 1.82) is 0 Å². The molecule has 0 aromatic heterocycles. The van der Waals surface area contributed by atoms with Gasteiger partial charge in [-0.15, -0.1) is 0 Å². The number of hydrogen-bond donors (Lipinski definition) is 1. The Hall–Kier alpha value is -3.43. The van der Waals surface area contributed by atoms with Gasteiger partial charge in [-0.1, -0.05) is 78.7 Å². The van der Waals surface area contributed by atoms with Gasteiger partial charge in [-0.3, -0.25) is 9.69 Å². The number of fused-ring (bicyclic) bond motifs is 1. The molecule has 5 rings (SSSR count).